The van der Waals surface area contributed by atoms with Gasteiger partial charge in [0.2, 0.25) is 0 Å². The van der Waals surface area contributed by atoms with Gasteiger partial charge in [0.25, 0.3) is 5.91 Å². The van der Waals surface area contributed by atoms with Crippen molar-refractivity contribution in [1.82, 2.24) is 9.80 Å². The van der Waals surface area contributed by atoms with E-state index < -0.39 is 0 Å². The van der Waals surface area contributed by atoms with Crippen LogP contribution < -0.4 is 5.32 Å². The van der Waals surface area contributed by atoms with Crippen LogP contribution in [-0.4, -0.2) is 55.0 Å². The largest absolute Gasteiger partial charge is 0.385 e. The zero-order chi connectivity index (χ0) is 15.4. The molecule has 1 heterocycles. The van der Waals surface area contributed by atoms with E-state index in [0.29, 0.717) is 6.04 Å². The summed E-state index contributed by atoms with van der Waals surface area (Å²) in [4.78, 5) is 17.1. The van der Waals surface area contributed by atoms with E-state index in [0.717, 1.165) is 49.4 Å². The maximum absolute atomic E-state index is 12.7. The number of carbonyl (C=O) groups excluding carboxylic acids is 1. The molecule has 1 aliphatic rings. The molecule has 4 heteroatoms. The van der Waals surface area contributed by atoms with Crippen LogP contribution in [0.2, 0.25) is 0 Å². The summed E-state index contributed by atoms with van der Waals surface area (Å²) in [5.41, 5.74) is 2.96. The summed E-state index contributed by atoms with van der Waals surface area (Å²) in [6, 6.07) is 6.49. The van der Waals surface area contributed by atoms with Gasteiger partial charge in [-0.15, -0.1) is 0 Å². The number of hydrogen-bond donors (Lipinski definition) is 1. The van der Waals surface area contributed by atoms with Crippen LogP contribution >= 0.6 is 0 Å². The lowest BCUT2D eigenvalue weighted by Crippen LogP contribution is -2.53. The summed E-state index contributed by atoms with van der Waals surface area (Å²) < 4.78 is 0. The molecule has 1 atom stereocenters. The van der Waals surface area contributed by atoms with Gasteiger partial charge in [-0.25, -0.2) is 0 Å². The van der Waals surface area contributed by atoms with Gasteiger partial charge in [-0.1, -0.05) is 6.92 Å². The molecule has 1 unspecified atom stereocenters. The zero-order valence-electron chi connectivity index (χ0n) is 13.6. The number of anilines is 1. The SMILES string of the molecule is CCNc1ccc(C(=O)N2CCN(C)C(CC)C2)c(C)c1. The van der Waals surface area contributed by atoms with Crippen LogP contribution in [0.5, 0.6) is 0 Å². The molecule has 0 aliphatic carbocycles. The van der Waals surface area contributed by atoms with Gasteiger partial charge in [0.15, 0.2) is 0 Å². The van der Waals surface area contributed by atoms with Gasteiger partial charge in [0.05, 0.1) is 0 Å². The van der Waals surface area contributed by atoms with Crippen molar-refractivity contribution in [2.75, 3.05) is 38.5 Å². The number of rotatable bonds is 4. The molecule has 0 radical (unpaired) electrons. The number of likely N-dealkylation sites (N-methyl/N-ethyl adjacent to an activating group) is 1. The van der Waals surface area contributed by atoms with Gasteiger partial charge >= 0.3 is 0 Å². The minimum atomic E-state index is 0.169. The Bertz CT molecular complexity index is 501. The highest BCUT2D eigenvalue weighted by molar-refractivity contribution is 5.96. The average molecular weight is 289 g/mol. The molecular formula is C17H27N3O. The van der Waals surface area contributed by atoms with Crippen LogP contribution in [0.3, 0.4) is 0 Å². The van der Waals surface area contributed by atoms with Crippen LogP contribution in [0.4, 0.5) is 5.69 Å². The Balaban J connectivity index is 2.13. The maximum atomic E-state index is 12.7. The predicted octanol–water partition coefficient (Wildman–Crippen LogP) is 2.59. The molecule has 1 saturated heterocycles. The van der Waals surface area contributed by atoms with Crippen molar-refractivity contribution in [2.24, 2.45) is 0 Å². The fraction of sp³-hybridized carbons (Fsp3) is 0.588. The Morgan fingerprint density at radius 1 is 1.33 bits per heavy atom. The Kier molecular flexibility index (Phi) is 5.23. The van der Waals surface area contributed by atoms with Crippen molar-refractivity contribution in [1.29, 1.82) is 0 Å². The molecule has 1 fully saturated rings. The zero-order valence-corrected chi connectivity index (χ0v) is 13.6. The number of carbonyl (C=O) groups is 1. The second-order valence-corrected chi connectivity index (χ2v) is 5.85. The van der Waals surface area contributed by atoms with E-state index >= 15 is 0 Å². The molecule has 1 amide bonds. The lowest BCUT2D eigenvalue weighted by atomic mass is 10.0. The van der Waals surface area contributed by atoms with Crippen molar-refractivity contribution >= 4 is 11.6 Å². The first-order valence-electron chi connectivity index (χ1n) is 7.90. The predicted molar refractivity (Wildman–Crippen MR) is 88.0 cm³/mol. The highest BCUT2D eigenvalue weighted by Gasteiger charge is 2.27. The van der Waals surface area contributed by atoms with E-state index in [1.807, 2.05) is 24.0 Å². The maximum Gasteiger partial charge on any atom is 0.254 e. The van der Waals surface area contributed by atoms with Crippen molar-refractivity contribution in [3.05, 3.63) is 29.3 Å². The number of benzene rings is 1. The average Bonchev–Trinajstić information content (AvgIpc) is 2.47. The van der Waals surface area contributed by atoms with Gasteiger partial charge in [-0.2, -0.15) is 0 Å². The molecule has 0 spiro atoms. The third kappa shape index (κ3) is 3.56. The molecule has 1 aliphatic heterocycles. The first kappa shape index (κ1) is 15.8. The lowest BCUT2D eigenvalue weighted by Gasteiger charge is -2.39. The quantitative estimate of drug-likeness (QED) is 0.925. The highest BCUT2D eigenvalue weighted by Crippen LogP contribution is 2.19. The summed E-state index contributed by atoms with van der Waals surface area (Å²) in [5.74, 6) is 0.169. The van der Waals surface area contributed by atoms with Crippen molar-refractivity contribution in [3.63, 3.8) is 0 Å². The number of piperazine rings is 1. The van der Waals surface area contributed by atoms with E-state index in [2.05, 4.69) is 37.2 Å². The first-order valence-corrected chi connectivity index (χ1v) is 7.90. The van der Waals surface area contributed by atoms with Gasteiger partial charge < -0.3 is 10.2 Å². The number of nitrogens with zero attached hydrogens (tertiary/aromatic N) is 2. The summed E-state index contributed by atoms with van der Waals surface area (Å²) in [5, 5.41) is 3.28. The van der Waals surface area contributed by atoms with Crippen LogP contribution in [-0.2, 0) is 0 Å². The summed E-state index contributed by atoms with van der Waals surface area (Å²) in [6.45, 7) is 9.78. The molecule has 1 N–H and O–H groups in total. The molecule has 116 valence electrons. The number of nitrogens with one attached hydrogen (secondary N) is 1. The van der Waals surface area contributed by atoms with E-state index in [1.165, 1.54) is 0 Å². The van der Waals surface area contributed by atoms with Crippen molar-refractivity contribution in [3.8, 4) is 0 Å². The number of amides is 1. The number of hydrogen-bond acceptors (Lipinski definition) is 3. The molecule has 1 aromatic rings. The second-order valence-electron chi connectivity index (χ2n) is 5.85. The first-order chi connectivity index (χ1) is 10.1. The molecule has 0 aromatic heterocycles. The lowest BCUT2D eigenvalue weighted by molar-refractivity contribution is 0.0541. The van der Waals surface area contributed by atoms with Gasteiger partial charge in [0, 0.05) is 43.5 Å². The molecule has 0 saturated carbocycles. The molecule has 4 nitrogen and oxygen atoms in total. The molecule has 2 rings (SSSR count). The standard InChI is InChI=1S/C17H27N3O/c1-5-15-12-20(10-9-19(15)4)17(21)16-8-7-14(18-6-2)11-13(16)3/h7-8,11,15,18H,5-6,9-10,12H2,1-4H3. The topological polar surface area (TPSA) is 35.6 Å². The van der Waals surface area contributed by atoms with Gasteiger partial charge in [-0.05, 0) is 51.1 Å². The number of aryl methyl sites for hydroxylation is 1. The third-order valence-corrected chi connectivity index (χ3v) is 4.37. The Labute approximate surface area is 128 Å². The van der Waals surface area contributed by atoms with Crippen LogP contribution in [0, 0.1) is 6.92 Å². The fourth-order valence-electron chi connectivity index (χ4n) is 2.96. The molecule has 1 aromatic carbocycles. The molecule has 0 bridgehead atoms. The van der Waals surface area contributed by atoms with E-state index in [9.17, 15) is 4.79 Å². The monoisotopic (exact) mass is 289 g/mol. The fourth-order valence-corrected chi connectivity index (χ4v) is 2.96. The van der Waals surface area contributed by atoms with E-state index in [4.69, 9.17) is 0 Å². The minimum absolute atomic E-state index is 0.169. The second kappa shape index (κ2) is 6.94. The summed E-state index contributed by atoms with van der Waals surface area (Å²) in [6.07, 6.45) is 1.08. The Hall–Kier alpha value is -1.55. The highest BCUT2D eigenvalue weighted by atomic mass is 16.2. The summed E-state index contributed by atoms with van der Waals surface area (Å²) >= 11 is 0. The smallest absolute Gasteiger partial charge is 0.254 e. The Morgan fingerprint density at radius 3 is 2.71 bits per heavy atom. The normalized spacial score (nSPS) is 19.6. The van der Waals surface area contributed by atoms with Gasteiger partial charge in [0.1, 0.15) is 0 Å². The van der Waals surface area contributed by atoms with E-state index in [-0.39, 0.29) is 5.91 Å². The van der Waals surface area contributed by atoms with Crippen molar-refractivity contribution < 1.29 is 4.79 Å². The Morgan fingerprint density at radius 2 is 2.10 bits per heavy atom. The minimum Gasteiger partial charge on any atom is -0.385 e. The van der Waals surface area contributed by atoms with Crippen LogP contribution in [0.1, 0.15) is 36.2 Å². The van der Waals surface area contributed by atoms with Gasteiger partial charge in [-0.3, -0.25) is 9.69 Å². The van der Waals surface area contributed by atoms with Crippen LogP contribution in [0.25, 0.3) is 0 Å². The molecule has 21 heavy (non-hydrogen) atoms. The molecular weight excluding hydrogens is 262 g/mol. The summed E-state index contributed by atoms with van der Waals surface area (Å²) in [7, 11) is 2.15. The van der Waals surface area contributed by atoms with E-state index in [1.54, 1.807) is 0 Å². The van der Waals surface area contributed by atoms with Crippen LogP contribution in [0.15, 0.2) is 18.2 Å². The third-order valence-electron chi connectivity index (χ3n) is 4.37. The van der Waals surface area contributed by atoms with Crippen molar-refractivity contribution in [2.45, 2.75) is 33.2 Å².